The van der Waals surface area contributed by atoms with Crippen LogP contribution < -0.4 is 5.32 Å². The molecule has 0 atom stereocenters. The van der Waals surface area contributed by atoms with Gasteiger partial charge in [-0.25, -0.2) is 4.79 Å². The predicted octanol–water partition coefficient (Wildman–Crippen LogP) is 2.96. The summed E-state index contributed by atoms with van der Waals surface area (Å²) in [5, 5.41) is 2.69. The van der Waals surface area contributed by atoms with Crippen LogP contribution in [0.1, 0.15) is 63.6 Å². The van der Waals surface area contributed by atoms with Crippen molar-refractivity contribution in [3.8, 4) is 0 Å². The van der Waals surface area contributed by atoms with Crippen molar-refractivity contribution in [3.05, 3.63) is 87.3 Å². The van der Waals surface area contributed by atoms with E-state index in [0.717, 1.165) is 21.1 Å². The molecule has 5 rings (SSSR count). The molecule has 1 N–H and O–H groups in total. The lowest BCUT2D eigenvalue weighted by molar-refractivity contribution is -0.116. The van der Waals surface area contributed by atoms with Gasteiger partial charge in [-0.05, 0) is 37.3 Å². The van der Waals surface area contributed by atoms with Gasteiger partial charge in [-0.15, -0.1) is 11.3 Å². The molecule has 37 heavy (non-hydrogen) atoms. The fraction of sp³-hybridized carbons (Fsp3) is 0.154. The number of carbonyl (C=O) groups excluding carboxylic acids is 6. The summed E-state index contributed by atoms with van der Waals surface area (Å²) in [5.41, 5.74) is 1.06. The highest BCUT2D eigenvalue weighted by atomic mass is 32.1. The topological polar surface area (TPSA) is 130 Å². The number of carbonyl (C=O) groups is 6. The molecular weight excluding hydrogens is 498 g/mol. The zero-order valence-electron chi connectivity index (χ0n) is 19.5. The second-order valence-electron chi connectivity index (χ2n) is 8.21. The standard InChI is InChI=1S/C26H19N3O7S/c1-2-36-26(35)19-11-14(12-28-22(31)15-7-3-4-8-16(15)23(28)32)37-21(19)27-20(30)13-29-24(33)17-9-5-6-10-18(17)25(29)34/h3-11H,2,12-13H2,1H3,(H,27,30). The first kappa shape index (κ1) is 24.1. The number of amides is 5. The number of hydrogen-bond donors (Lipinski definition) is 1. The fourth-order valence-corrected chi connectivity index (χ4v) is 5.25. The van der Waals surface area contributed by atoms with Crippen molar-refractivity contribution in [2.75, 3.05) is 18.5 Å². The second-order valence-corrected chi connectivity index (χ2v) is 9.34. The van der Waals surface area contributed by atoms with E-state index < -0.39 is 42.0 Å². The average molecular weight is 518 g/mol. The van der Waals surface area contributed by atoms with E-state index in [4.69, 9.17) is 4.74 Å². The molecule has 10 nitrogen and oxygen atoms in total. The van der Waals surface area contributed by atoms with Crippen molar-refractivity contribution in [2.45, 2.75) is 13.5 Å². The molecule has 2 aliphatic rings. The van der Waals surface area contributed by atoms with Gasteiger partial charge in [0.1, 0.15) is 11.5 Å². The summed E-state index contributed by atoms with van der Waals surface area (Å²) < 4.78 is 5.09. The Morgan fingerprint density at radius 1 is 0.811 bits per heavy atom. The van der Waals surface area contributed by atoms with Gasteiger partial charge in [-0.3, -0.25) is 33.8 Å². The van der Waals surface area contributed by atoms with Gasteiger partial charge >= 0.3 is 5.97 Å². The Morgan fingerprint density at radius 2 is 1.30 bits per heavy atom. The molecule has 186 valence electrons. The van der Waals surface area contributed by atoms with Gasteiger partial charge in [-0.1, -0.05) is 24.3 Å². The van der Waals surface area contributed by atoms with E-state index in [-0.39, 0.29) is 34.8 Å². The number of nitrogens with zero attached hydrogens (tertiary/aromatic N) is 2. The number of anilines is 1. The summed E-state index contributed by atoms with van der Waals surface area (Å²) in [6.45, 7) is 1.05. The van der Waals surface area contributed by atoms with Gasteiger partial charge in [0.25, 0.3) is 23.6 Å². The van der Waals surface area contributed by atoms with E-state index in [9.17, 15) is 28.8 Å². The molecule has 0 fully saturated rings. The van der Waals surface area contributed by atoms with Crippen LogP contribution in [0.25, 0.3) is 0 Å². The van der Waals surface area contributed by atoms with Crippen LogP contribution in [-0.4, -0.2) is 58.5 Å². The summed E-state index contributed by atoms with van der Waals surface area (Å²) in [6.07, 6.45) is 0. The Morgan fingerprint density at radius 3 is 1.78 bits per heavy atom. The van der Waals surface area contributed by atoms with Gasteiger partial charge in [-0.2, -0.15) is 0 Å². The maximum absolute atomic E-state index is 12.8. The van der Waals surface area contributed by atoms with Gasteiger partial charge < -0.3 is 10.1 Å². The van der Waals surface area contributed by atoms with E-state index in [1.165, 1.54) is 18.2 Å². The van der Waals surface area contributed by atoms with Crippen molar-refractivity contribution in [1.82, 2.24) is 9.80 Å². The number of nitrogens with one attached hydrogen (secondary N) is 1. The SMILES string of the molecule is CCOC(=O)c1cc(CN2C(=O)c3ccccc3C2=O)sc1NC(=O)CN1C(=O)c2ccccc2C1=O. The molecule has 2 aromatic carbocycles. The third kappa shape index (κ3) is 4.19. The molecule has 0 aliphatic carbocycles. The van der Waals surface area contributed by atoms with Crippen LogP contribution in [-0.2, 0) is 16.1 Å². The van der Waals surface area contributed by atoms with E-state index in [1.807, 2.05) is 0 Å². The summed E-state index contributed by atoms with van der Waals surface area (Å²) in [5.74, 6) is -3.49. The molecule has 0 unspecified atom stereocenters. The minimum atomic E-state index is -0.705. The molecule has 11 heteroatoms. The molecule has 2 aliphatic heterocycles. The normalized spacial score (nSPS) is 14.2. The van der Waals surface area contributed by atoms with Crippen LogP contribution in [0.2, 0.25) is 0 Å². The highest BCUT2D eigenvalue weighted by Gasteiger charge is 2.37. The van der Waals surface area contributed by atoms with Crippen LogP contribution in [0.5, 0.6) is 0 Å². The van der Waals surface area contributed by atoms with Gasteiger partial charge in [0, 0.05) is 4.88 Å². The molecule has 3 aromatic rings. The first-order chi connectivity index (χ1) is 17.8. The lowest BCUT2D eigenvalue weighted by Crippen LogP contribution is -2.37. The number of esters is 1. The minimum absolute atomic E-state index is 0.0363. The fourth-order valence-electron chi connectivity index (χ4n) is 4.20. The Bertz CT molecular complexity index is 1440. The van der Waals surface area contributed by atoms with Gasteiger partial charge in [0.2, 0.25) is 5.91 Å². The monoisotopic (exact) mass is 517 g/mol. The zero-order valence-corrected chi connectivity index (χ0v) is 20.3. The summed E-state index contributed by atoms with van der Waals surface area (Å²) in [6, 6.07) is 14.2. The minimum Gasteiger partial charge on any atom is -0.462 e. The van der Waals surface area contributed by atoms with Crippen LogP contribution in [0.15, 0.2) is 54.6 Å². The first-order valence-corrected chi connectivity index (χ1v) is 12.1. The number of benzene rings is 2. The maximum Gasteiger partial charge on any atom is 0.341 e. The maximum atomic E-state index is 12.8. The molecule has 0 saturated heterocycles. The lowest BCUT2D eigenvalue weighted by atomic mass is 10.1. The molecular formula is C26H19N3O7S. The predicted molar refractivity (Wildman–Crippen MR) is 131 cm³/mol. The van der Waals surface area contributed by atoms with Gasteiger partial charge in [0.05, 0.1) is 41.0 Å². The number of fused-ring (bicyclic) bond motifs is 2. The smallest absolute Gasteiger partial charge is 0.341 e. The molecule has 0 bridgehead atoms. The number of imide groups is 2. The van der Waals surface area contributed by atoms with E-state index in [2.05, 4.69) is 5.32 Å². The number of hydrogen-bond acceptors (Lipinski definition) is 8. The Balaban J connectivity index is 1.36. The average Bonchev–Trinajstić information content (AvgIpc) is 3.48. The quantitative estimate of drug-likeness (QED) is 0.377. The molecule has 0 spiro atoms. The molecule has 0 radical (unpaired) electrons. The summed E-state index contributed by atoms with van der Waals surface area (Å²) in [7, 11) is 0. The van der Waals surface area contributed by atoms with Crippen molar-refractivity contribution >= 4 is 51.8 Å². The third-order valence-corrected chi connectivity index (χ3v) is 6.94. The molecule has 1 aromatic heterocycles. The molecule has 0 saturated carbocycles. The number of rotatable bonds is 7. The largest absolute Gasteiger partial charge is 0.462 e. The van der Waals surface area contributed by atoms with Gasteiger partial charge in [0.15, 0.2) is 0 Å². The highest BCUT2D eigenvalue weighted by Crippen LogP contribution is 2.32. The molecule has 3 heterocycles. The zero-order chi connectivity index (χ0) is 26.3. The first-order valence-electron chi connectivity index (χ1n) is 11.3. The van der Waals surface area contributed by atoms with E-state index in [0.29, 0.717) is 16.0 Å². The second kappa shape index (κ2) is 9.43. The van der Waals surface area contributed by atoms with Crippen LogP contribution >= 0.6 is 11.3 Å². The summed E-state index contributed by atoms with van der Waals surface area (Å²) >= 11 is 0.991. The van der Waals surface area contributed by atoms with Crippen molar-refractivity contribution in [3.63, 3.8) is 0 Å². The van der Waals surface area contributed by atoms with Crippen molar-refractivity contribution in [2.24, 2.45) is 0 Å². The van der Waals surface area contributed by atoms with Crippen LogP contribution in [0.3, 0.4) is 0 Å². The van der Waals surface area contributed by atoms with E-state index in [1.54, 1.807) is 43.3 Å². The van der Waals surface area contributed by atoms with Crippen LogP contribution in [0.4, 0.5) is 5.00 Å². The lowest BCUT2D eigenvalue weighted by Gasteiger charge is -2.13. The Labute approximate surface area is 214 Å². The van der Waals surface area contributed by atoms with Crippen LogP contribution in [0, 0.1) is 0 Å². The highest BCUT2D eigenvalue weighted by molar-refractivity contribution is 7.16. The number of ether oxygens (including phenoxy) is 1. The number of thiophene rings is 1. The van der Waals surface area contributed by atoms with Crippen molar-refractivity contribution < 1.29 is 33.5 Å². The third-order valence-electron chi connectivity index (χ3n) is 5.90. The molecule has 5 amide bonds. The Hall–Kier alpha value is -4.64. The Kier molecular flexibility index (Phi) is 6.14. The van der Waals surface area contributed by atoms with Crippen molar-refractivity contribution in [1.29, 1.82) is 0 Å². The van der Waals surface area contributed by atoms with E-state index >= 15 is 0 Å². The summed E-state index contributed by atoms with van der Waals surface area (Å²) in [4.78, 5) is 78.4.